The number of aromatic nitrogens is 2. The molecule has 23 heavy (non-hydrogen) atoms. The van der Waals surface area contributed by atoms with Gasteiger partial charge in [-0.25, -0.2) is 13.4 Å². The first kappa shape index (κ1) is 15.7. The molecule has 0 fully saturated rings. The number of hydrogen-bond acceptors (Lipinski definition) is 3. The molecule has 1 aromatic heterocycles. The van der Waals surface area contributed by atoms with Gasteiger partial charge in [0, 0.05) is 20.1 Å². The van der Waals surface area contributed by atoms with Gasteiger partial charge in [-0.1, -0.05) is 37.3 Å². The molecule has 0 aliphatic heterocycles. The zero-order chi connectivity index (χ0) is 16.4. The lowest BCUT2D eigenvalue weighted by atomic mass is 10.2. The molecule has 5 nitrogen and oxygen atoms in total. The zero-order valence-electron chi connectivity index (χ0n) is 13.2. The van der Waals surface area contributed by atoms with Crippen molar-refractivity contribution in [3.05, 3.63) is 60.4 Å². The van der Waals surface area contributed by atoms with Crippen LogP contribution in [0, 0.1) is 0 Å². The summed E-state index contributed by atoms with van der Waals surface area (Å²) in [5.41, 5.74) is 2.57. The maximum absolute atomic E-state index is 12.9. The zero-order valence-corrected chi connectivity index (χ0v) is 14.0. The minimum absolute atomic E-state index is 0.279. The van der Waals surface area contributed by atoms with E-state index in [0.29, 0.717) is 18.6 Å². The summed E-state index contributed by atoms with van der Waals surface area (Å²) < 4.78 is 29.2. The first-order valence-electron chi connectivity index (χ1n) is 7.47. The monoisotopic (exact) mass is 329 g/mol. The van der Waals surface area contributed by atoms with Gasteiger partial charge in [0.25, 0.3) is 0 Å². The largest absolute Gasteiger partial charge is 0.334 e. The van der Waals surface area contributed by atoms with Crippen molar-refractivity contribution >= 4 is 21.1 Å². The van der Waals surface area contributed by atoms with Crippen molar-refractivity contribution in [2.24, 2.45) is 7.05 Å². The molecule has 6 heteroatoms. The first-order valence-corrected chi connectivity index (χ1v) is 8.91. The molecule has 0 bridgehead atoms. The molecule has 3 rings (SSSR count). The van der Waals surface area contributed by atoms with Crippen molar-refractivity contribution < 1.29 is 8.42 Å². The summed E-state index contributed by atoms with van der Waals surface area (Å²) in [4.78, 5) is 4.52. The van der Waals surface area contributed by atoms with Gasteiger partial charge in [0.05, 0.1) is 22.3 Å². The highest BCUT2D eigenvalue weighted by Crippen LogP contribution is 2.22. The van der Waals surface area contributed by atoms with Crippen LogP contribution in [0.1, 0.15) is 12.5 Å². The van der Waals surface area contributed by atoms with E-state index in [1.54, 1.807) is 24.5 Å². The number of imidazole rings is 1. The average Bonchev–Trinajstić information content (AvgIpc) is 2.94. The Hall–Kier alpha value is -2.18. The van der Waals surface area contributed by atoms with Gasteiger partial charge >= 0.3 is 0 Å². The molecule has 0 amide bonds. The Kier molecular flexibility index (Phi) is 4.19. The van der Waals surface area contributed by atoms with Crippen molar-refractivity contribution in [3.63, 3.8) is 0 Å². The molecule has 0 aliphatic rings. The molecule has 0 saturated carbocycles. The van der Waals surface area contributed by atoms with E-state index in [9.17, 15) is 8.42 Å². The highest BCUT2D eigenvalue weighted by molar-refractivity contribution is 7.89. The third-order valence-electron chi connectivity index (χ3n) is 3.89. The van der Waals surface area contributed by atoms with Crippen LogP contribution in [0.15, 0.2) is 59.8 Å². The van der Waals surface area contributed by atoms with Gasteiger partial charge in [-0.2, -0.15) is 4.31 Å². The second kappa shape index (κ2) is 6.14. The maximum atomic E-state index is 12.9. The summed E-state index contributed by atoms with van der Waals surface area (Å²) in [6.45, 7) is 2.62. The normalized spacial score (nSPS) is 12.1. The van der Waals surface area contributed by atoms with Gasteiger partial charge in [0.1, 0.15) is 0 Å². The van der Waals surface area contributed by atoms with E-state index < -0.39 is 10.0 Å². The lowest BCUT2D eigenvalue weighted by Gasteiger charge is -2.20. The van der Waals surface area contributed by atoms with E-state index in [1.807, 2.05) is 48.9 Å². The topological polar surface area (TPSA) is 55.2 Å². The van der Waals surface area contributed by atoms with E-state index >= 15 is 0 Å². The van der Waals surface area contributed by atoms with Crippen LogP contribution in [0.2, 0.25) is 0 Å². The van der Waals surface area contributed by atoms with Crippen LogP contribution in [0.5, 0.6) is 0 Å². The third kappa shape index (κ3) is 3.00. The minimum Gasteiger partial charge on any atom is -0.334 e. The van der Waals surface area contributed by atoms with Crippen LogP contribution in [0.25, 0.3) is 11.0 Å². The highest BCUT2D eigenvalue weighted by atomic mass is 32.2. The van der Waals surface area contributed by atoms with Crippen molar-refractivity contribution in [3.8, 4) is 0 Å². The molecule has 3 aromatic rings. The summed E-state index contributed by atoms with van der Waals surface area (Å²) in [5.74, 6) is 0. The Balaban J connectivity index is 1.96. The van der Waals surface area contributed by atoms with E-state index in [2.05, 4.69) is 4.98 Å². The van der Waals surface area contributed by atoms with Gasteiger partial charge in [-0.05, 0) is 23.8 Å². The van der Waals surface area contributed by atoms with Crippen molar-refractivity contribution in [2.75, 3.05) is 6.54 Å². The Bertz CT molecular complexity index is 917. The smallest absolute Gasteiger partial charge is 0.243 e. The molecule has 0 aliphatic carbocycles. The van der Waals surface area contributed by atoms with Crippen molar-refractivity contribution in [1.29, 1.82) is 0 Å². The van der Waals surface area contributed by atoms with Gasteiger partial charge in [0.2, 0.25) is 10.0 Å². The van der Waals surface area contributed by atoms with E-state index in [-0.39, 0.29) is 4.90 Å². The van der Waals surface area contributed by atoms with E-state index in [1.165, 1.54) is 4.31 Å². The SMILES string of the molecule is CCN(Cc1ccccc1)S(=O)(=O)c1ccc2c(c1)ncn2C. The molecule has 0 N–H and O–H groups in total. The number of benzene rings is 2. The van der Waals surface area contributed by atoms with Crippen LogP contribution < -0.4 is 0 Å². The summed E-state index contributed by atoms with van der Waals surface area (Å²) in [6, 6.07) is 14.7. The fraction of sp³-hybridized carbons (Fsp3) is 0.235. The van der Waals surface area contributed by atoms with Crippen LogP contribution >= 0.6 is 0 Å². The molecular weight excluding hydrogens is 310 g/mol. The molecule has 120 valence electrons. The van der Waals surface area contributed by atoms with Gasteiger partial charge in [-0.3, -0.25) is 0 Å². The molecule has 0 saturated heterocycles. The number of aryl methyl sites for hydroxylation is 1. The summed E-state index contributed by atoms with van der Waals surface area (Å²) in [6.07, 6.45) is 1.68. The lowest BCUT2D eigenvalue weighted by Crippen LogP contribution is -2.30. The van der Waals surface area contributed by atoms with Crippen LogP contribution in [0.3, 0.4) is 0 Å². The van der Waals surface area contributed by atoms with E-state index in [0.717, 1.165) is 11.1 Å². The molecule has 0 atom stereocenters. The fourth-order valence-electron chi connectivity index (χ4n) is 2.58. The molecule has 0 unspecified atom stereocenters. The summed E-state index contributed by atoms with van der Waals surface area (Å²) in [5, 5.41) is 0. The highest BCUT2D eigenvalue weighted by Gasteiger charge is 2.23. The molecular formula is C17H19N3O2S. The predicted molar refractivity (Wildman–Crippen MR) is 90.4 cm³/mol. The number of hydrogen-bond donors (Lipinski definition) is 0. The van der Waals surface area contributed by atoms with Gasteiger partial charge in [0.15, 0.2) is 0 Å². The quantitative estimate of drug-likeness (QED) is 0.723. The first-order chi connectivity index (χ1) is 11.0. The molecule has 0 radical (unpaired) electrons. The number of nitrogens with zero attached hydrogens (tertiary/aromatic N) is 3. The number of rotatable bonds is 5. The predicted octanol–water partition coefficient (Wildman–Crippen LogP) is 2.78. The second-order valence-corrected chi connectivity index (χ2v) is 7.36. The van der Waals surface area contributed by atoms with Crippen LogP contribution in [-0.2, 0) is 23.6 Å². The number of fused-ring (bicyclic) bond motifs is 1. The molecule has 2 aromatic carbocycles. The van der Waals surface area contributed by atoms with Crippen molar-refractivity contribution in [2.45, 2.75) is 18.4 Å². The summed E-state index contributed by atoms with van der Waals surface area (Å²) in [7, 11) is -1.66. The standard InChI is InChI=1S/C17H19N3O2S/c1-3-20(12-14-7-5-4-6-8-14)23(21,22)15-9-10-17-16(11-15)18-13-19(17)2/h4-11,13H,3,12H2,1-2H3. The third-order valence-corrected chi connectivity index (χ3v) is 5.81. The van der Waals surface area contributed by atoms with E-state index in [4.69, 9.17) is 0 Å². The Morgan fingerprint density at radius 1 is 1.13 bits per heavy atom. The van der Waals surface area contributed by atoms with Crippen LogP contribution in [0.4, 0.5) is 0 Å². The lowest BCUT2D eigenvalue weighted by molar-refractivity contribution is 0.423. The Morgan fingerprint density at radius 2 is 1.87 bits per heavy atom. The molecule has 1 heterocycles. The summed E-state index contributed by atoms with van der Waals surface area (Å²) >= 11 is 0. The minimum atomic E-state index is -3.55. The second-order valence-electron chi connectivity index (χ2n) is 5.42. The average molecular weight is 329 g/mol. The number of sulfonamides is 1. The van der Waals surface area contributed by atoms with Gasteiger partial charge in [-0.15, -0.1) is 0 Å². The Labute approximate surface area is 136 Å². The van der Waals surface area contributed by atoms with Crippen LogP contribution in [-0.4, -0.2) is 28.8 Å². The maximum Gasteiger partial charge on any atom is 0.243 e. The van der Waals surface area contributed by atoms with Crippen molar-refractivity contribution in [1.82, 2.24) is 13.9 Å². The van der Waals surface area contributed by atoms with Gasteiger partial charge < -0.3 is 4.57 Å². The fourth-order valence-corrected chi connectivity index (χ4v) is 4.04. The Morgan fingerprint density at radius 3 is 2.57 bits per heavy atom. The molecule has 0 spiro atoms.